The van der Waals surface area contributed by atoms with Crippen LogP contribution in [-0.2, 0) is 0 Å². The first-order chi connectivity index (χ1) is 18.3. The lowest BCUT2D eigenvalue weighted by molar-refractivity contribution is 1.38. The number of aryl methyl sites for hydroxylation is 4. The Morgan fingerprint density at radius 1 is 0.526 bits per heavy atom. The zero-order valence-corrected chi connectivity index (χ0v) is 22.1. The Hall–Kier alpha value is -4.92. The van der Waals surface area contributed by atoms with Crippen molar-refractivity contribution in [3.05, 3.63) is 136 Å². The van der Waals surface area contributed by atoms with Crippen LogP contribution < -0.4 is 0 Å². The van der Waals surface area contributed by atoms with Crippen molar-refractivity contribution in [2.75, 3.05) is 0 Å². The predicted octanol–water partition coefficient (Wildman–Crippen LogP) is 10.0. The van der Waals surface area contributed by atoms with Crippen molar-refractivity contribution in [2.45, 2.75) is 27.7 Å². The third-order valence-electron chi connectivity index (χ3n) is 6.83. The first-order valence-electron chi connectivity index (χ1n) is 12.7. The maximum Gasteiger partial charge on any atom is 0.195 e. The monoisotopic (exact) mass is 488 g/mol. The minimum Gasteiger partial charge on any atom is -0.237 e. The summed E-state index contributed by atoms with van der Waals surface area (Å²) in [6.45, 7) is 16.4. The van der Waals surface area contributed by atoms with Gasteiger partial charge >= 0.3 is 0 Å². The lowest BCUT2D eigenvalue weighted by Gasteiger charge is -2.13. The summed E-state index contributed by atoms with van der Waals surface area (Å²) in [7, 11) is 0. The van der Waals surface area contributed by atoms with E-state index < -0.39 is 0 Å². The molecule has 182 valence electrons. The van der Waals surface area contributed by atoms with Crippen LogP contribution in [0.5, 0.6) is 0 Å². The van der Waals surface area contributed by atoms with Gasteiger partial charge in [-0.3, -0.25) is 0 Å². The Balaban J connectivity index is 1.61. The van der Waals surface area contributed by atoms with Gasteiger partial charge in [0, 0.05) is 0 Å². The molecule has 0 bridgehead atoms. The van der Waals surface area contributed by atoms with Gasteiger partial charge in [0.05, 0.1) is 18.2 Å². The van der Waals surface area contributed by atoms with Crippen molar-refractivity contribution in [2.24, 2.45) is 0 Å². The summed E-state index contributed by atoms with van der Waals surface area (Å²) in [5.41, 5.74) is 13.8. The SMILES string of the molecule is [C-]#[N+]c1cc(-c2cccc(-c3cc(C)cc(C)c3)c2)c(C#N)cc1-c1cccc(-c2cc(C)cc(C)c2)c1. The molecule has 5 aromatic rings. The van der Waals surface area contributed by atoms with Crippen molar-refractivity contribution in [3.63, 3.8) is 0 Å². The molecule has 5 aromatic carbocycles. The van der Waals surface area contributed by atoms with Gasteiger partial charge in [-0.2, -0.15) is 5.26 Å². The Morgan fingerprint density at radius 3 is 1.42 bits per heavy atom. The molecule has 0 N–H and O–H groups in total. The molecule has 0 unspecified atom stereocenters. The van der Waals surface area contributed by atoms with Crippen LogP contribution in [0.3, 0.4) is 0 Å². The van der Waals surface area contributed by atoms with E-state index in [-0.39, 0.29) is 0 Å². The van der Waals surface area contributed by atoms with E-state index in [0.717, 1.165) is 44.5 Å². The second-order valence-electron chi connectivity index (χ2n) is 10.1. The highest BCUT2D eigenvalue weighted by molar-refractivity contribution is 5.88. The summed E-state index contributed by atoms with van der Waals surface area (Å²) in [5, 5.41) is 10.1. The summed E-state index contributed by atoms with van der Waals surface area (Å²) in [6.07, 6.45) is 0. The van der Waals surface area contributed by atoms with E-state index in [2.05, 4.69) is 99.3 Å². The molecular formula is C36H28N2. The second-order valence-corrected chi connectivity index (χ2v) is 10.1. The Bertz CT molecular complexity index is 1600. The van der Waals surface area contributed by atoms with Crippen molar-refractivity contribution < 1.29 is 0 Å². The second kappa shape index (κ2) is 10.2. The summed E-state index contributed by atoms with van der Waals surface area (Å²) in [4.78, 5) is 3.88. The molecule has 0 saturated carbocycles. The van der Waals surface area contributed by atoms with Crippen molar-refractivity contribution >= 4 is 5.69 Å². The molecule has 5 rings (SSSR count). The van der Waals surface area contributed by atoms with Crippen molar-refractivity contribution in [1.29, 1.82) is 5.26 Å². The van der Waals surface area contributed by atoms with E-state index in [0.29, 0.717) is 11.3 Å². The van der Waals surface area contributed by atoms with Gasteiger partial charge in [-0.05, 0) is 96.5 Å². The smallest absolute Gasteiger partial charge is 0.195 e. The molecular weight excluding hydrogens is 460 g/mol. The van der Waals surface area contributed by atoms with Crippen LogP contribution in [0, 0.1) is 45.6 Å². The summed E-state index contributed by atoms with van der Waals surface area (Å²) in [6, 6.07) is 35.6. The van der Waals surface area contributed by atoms with Crippen LogP contribution in [0.4, 0.5) is 5.69 Å². The molecule has 38 heavy (non-hydrogen) atoms. The number of nitriles is 1. The summed E-state index contributed by atoms with van der Waals surface area (Å²) >= 11 is 0. The minimum atomic E-state index is 0.536. The standard InChI is InChI=1S/C36H28N2/c1-23-12-24(2)15-31(14-23)27-8-6-10-29(18-27)34-21-36(38-5)35(20-33(34)22-37)30-11-7-9-28(19-30)32-16-25(3)13-26(4)17-32/h6-21H,1-4H3. The summed E-state index contributed by atoms with van der Waals surface area (Å²) in [5.74, 6) is 0. The van der Waals surface area contributed by atoms with Crippen LogP contribution >= 0.6 is 0 Å². The van der Waals surface area contributed by atoms with Crippen LogP contribution in [0.2, 0.25) is 0 Å². The maximum atomic E-state index is 10.1. The molecule has 0 spiro atoms. The first kappa shape index (κ1) is 24.8. The molecule has 0 atom stereocenters. The summed E-state index contributed by atoms with van der Waals surface area (Å²) < 4.78 is 0. The number of rotatable bonds is 4. The van der Waals surface area contributed by atoms with Gasteiger partial charge in [0.15, 0.2) is 5.69 Å². The molecule has 0 amide bonds. The van der Waals surface area contributed by atoms with Gasteiger partial charge < -0.3 is 0 Å². The van der Waals surface area contributed by atoms with E-state index in [1.807, 2.05) is 36.4 Å². The molecule has 2 heteroatoms. The molecule has 0 radical (unpaired) electrons. The van der Waals surface area contributed by atoms with Crippen molar-refractivity contribution in [1.82, 2.24) is 0 Å². The van der Waals surface area contributed by atoms with Gasteiger partial charge in [-0.1, -0.05) is 95.1 Å². The van der Waals surface area contributed by atoms with Crippen LogP contribution in [0.15, 0.2) is 97.1 Å². The highest BCUT2D eigenvalue weighted by Gasteiger charge is 2.15. The fourth-order valence-electron chi connectivity index (χ4n) is 5.26. The Labute approximate surface area is 225 Å². The average Bonchev–Trinajstić information content (AvgIpc) is 2.91. The van der Waals surface area contributed by atoms with E-state index >= 15 is 0 Å². The van der Waals surface area contributed by atoms with E-state index in [9.17, 15) is 5.26 Å². The quantitative estimate of drug-likeness (QED) is 0.231. The molecule has 0 fully saturated rings. The fraction of sp³-hybridized carbons (Fsp3) is 0.111. The number of hydrogen-bond donors (Lipinski definition) is 0. The maximum absolute atomic E-state index is 10.1. The third-order valence-corrected chi connectivity index (χ3v) is 6.83. The normalized spacial score (nSPS) is 10.6. The number of hydrogen-bond acceptors (Lipinski definition) is 1. The molecule has 2 nitrogen and oxygen atoms in total. The van der Waals surface area contributed by atoms with Gasteiger partial charge in [0.2, 0.25) is 0 Å². The van der Waals surface area contributed by atoms with Gasteiger partial charge in [0.1, 0.15) is 0 Å². The third kappa shape index (κ3) is 4.99. The molecule has 0 saturated heterocycles. The zero-order valence-electron chi connectivity index (χ0n) is 22.1. The lowest BCUT2D eigenvalue weighted by Crippen LogP contribution is -1.90. The number of benzene rings is 5. The van der Waals surface area contributed by atoms with Gasteiger partial charge in [-0.25, -0.2) is 4.85 Å². The molecule has 0 aliphatic carbocycles. The molecule has 0 aliphatic heterocycles. The van der Waals surface area contributed by atoms with Crippen LogP contribution in [0.25, 0.3) is 49.4 Å². The van der Waals surface area contributed by atoms with Crippen LogP contribution in [0.1, 0.15) is 27.8 Å². The molecule has 0 aromatic heterocycles. The highest BCUT2D eigenvalue weighted by atomic mass is 14.6. The Kier molecular flexibility index (Phi) is 6.66. The largest absolute Gasteiger partial charge is 0.237 e. The first-order valence-corrected chi connectivity index (χ1v) is 12.7. The average molecular weight is 489 g/mol. The fourth-order valence-corrected chi connectivity index (χ4v) is 5.26. The Morgan fingerprint density at radius 2 is 0.974 bits per heavy atom. The minimum absolute atomic E-state index is 0.536. The van der Waals surface area contributed by atoms with Gasteiger partial charge in [0.25, 0.3) is 0 Å². The van der Waals surface area contributed by atoms with E-state index in [1.54, 1.807) is 0 Å². The van der Waals surface area contributed by atoms with E-state index in [4.69, 9.17) is 6.57 Å². The number of nitrogens with zero attached hydrogens (tertiary/aromatic N) is 2. The van der Waals surface area contributed by atoms with E-state index in [1.165, 1.54) is 22.3 Å². The lowest BCUT2D eigenvalue weighted by atomic mass is 9.91. The highest BCUT2D eigenvalue weighted by Crippen LogP contribution is 2.39. The van der Waals surface area contributed by atoms with Crippen LogP contribution in [-0.4, -0.2) is 0 Å². The van der Waals surface area contributed by atoms with Gasteiger partial charge in [-0.15, -0.1) is 0 Å². The predicted molar refractivity (Wildman–Crippen MR) is 158 cm³/mol. The molecule has 0 heterocycles. The van der Waals surface area contributed by atoms with Crippen molar-refractivity contribution in [3.8, 4) is 50.6 Å². The topological polar surface area (TPSA) is 28.1 Å². The molecule has 0 aliphatic rings. The zero-order chi connectivity index (χ0) is 26.8.